The lowest BCUT2D eigenvalue weighted by molar-refractivity contribution is -0.189. The Hall–Kier alpha value is -0.940. The summed E-state index contributed by atoms with van der Waals surface area (Å²) < 4.78 is 15.3. The Bertz CT molecular complexity index is 229. The van der Waals surface area contributed by atoms with Crippen molar-refractivity contribution in [2.75, 3.05) is 19.8 Å². The van der Waals surface area contributed by atoms with E-state index in [4.69, 9.17) is 14.2 Å². The molecule has 1 aliphatic heterocycles. The van der Waals surface area contributed by atoms with Gasteiger partial charge in [-0.15, -0.1) is 0 Å². The molecule has 1 rings (SSSR count). The third kappa shape index (κ3) is 3.43. The van der Waals surface area contributed by atoms with Gasteiger partial charge in [-0.2, -0.15) is 0 Å². The van der Waals surface area contributed by atoms with E-state index < -0.39 is 11.8 Å². The van der Waals surface area contributed by atoms with Crippen LogP contribution in [0.25, 0.3) is 0 Å². The second-order valence-electron chi connectivity index (χ2n) is 3.37. The summed E-state index contributed by atoms with van der Waals surface area (Å²) in [5.41, 5.74) is 0. The molecular formula is C9H14O5. The summed E-state index contributed by atoms with van der Waals surface area (Å²) in [6.07, 6.45) is -0.198. The van der Waals surface area contributed by atoms with Gasteiger partial charge in [0.1, 0.15) is 18.8 Å². The summed E-state index contributed by atoms with van der Waals surface area (Å²) in [5.74, 6) is -1.60. The molecule has 1 aliphatic rings. The Kier molecular flexibility index (Phi) is 3.60. The second-order valence-corrected chi connectivity index (χ2v) is 3.37. The van der Waals surface area contributed by atoms with Gasteiger partial charge in [-0.3, -0.25) is 9.59 Å². The number of hydrogen-bond donors (Lipinski definition) is 0. The minimum Gasteiger partial charge on any atom is -0.460 e. The molecule has 0 spiro atoms. The van der Waals surface area contributed by atoms with Crippen molar-refractivity contribution in [3.63, 3.8) is 0 Å². The van der Waals surface area contributed by atoms with Crippen molar-refractivity contribution in [3.8, 4) is 0 Å². The lowest BCUT2D eigenvalue weighted by Crippen LogP contribution is -2.33. The minimum absolute atomic E-state index is 0.0269. The van der Waals surface area contributed by atoms with Crippen molar-refractivity contribution < 1.29 is 23.8 Å². The molecule has 14 heavy (non-hydrogen) atoms. The van der Waals surface area contributed by atoms with Gasteiger partial charge in [-0.05, 0) is 13.8 Å². The van der Waals surface area contributed by atoms with Crippen molar-refractivity contribution >= 4 is 11.8 Å². The molecule has 0 bridgehead atoms. The SMILES string of the molecule is CC(=O)CC(=O)OCC1(C)OCCO1. The molecule has 0 atom stereocenters. The van der Waals surface area contributed by atoms with Gasteiger partial charge in [0.15, 0.2) is 5.79 Å². The Morgan fingerprint density at radius 3 is 2.43 bits per heavy atom. The van der Waals surface area contributed by atoms with E-state index in [1.54, 1.807) is 6.92 Å². The predicted molar refractivity (Wildman–Crippen MR) is 46.6 cm³/mol. The van der Waals surface area contributed by atoms with Gasteiger partial charge < -0.3 is 14.2 Å². The zero-order valence-corrected chi connectivity index (χ0v) is 8.37. The lowest BCUT2D eigenvalue weighted by atomic mass is 10.3. The number of rotatable bonds is 4. The van der Waals surface area contributed by atoms with Crippen LogP contribution in [0.4, 0.5) is 0 Å². The van der Waals surface area contributed by atoms with E-state index in [1.807, 2.05) is 0 Å². The molecule has 0 aromatic rings. The van der Waals surface area contributed by atoms with Crippen LogP contribution in [-0.4, -0.2) is 37.4 Å². The van der Waals surface area contributed by atoms with Crippen LogP contribution in [0.2, 0.25) is 0 Å². The molecule has 1 saturated heterocycles. The molecule has 80 valence electrons. The summed E-state index contributed by atoms with van der Waals surface area (Å²) in [4.78, 5) is 21.6. The van der Waals surface area contributed by atoms with Crippen LogP contribution in [0.5, 0.6) is 0 Å². The first-order valence-electron chi connectivity index (χ1n) is 4.45. The molecule has 0 N–H and O–H groups in total. The van der Waals surface area contributed by atoms with E-state index in [1.165, 1.54) is 6.92 Å². The molecule has 0 aromatic heterocycles. The van der Waals surface area contributed by atoms with Gasteiger partial charge in [0.25, 0.3) is 0 Å². The quantitative estimate of drug-likeness (QED) is 0.483. The first-order valence-corrected chi connectivity index (χ1v) is 4.45. The Balaban J connectivity index is 2.25. The molecule has 1 fully saturated rings. The van der Waals surface area contributed by atoms with Crippen LogP contribution in [0, 0.1) is 0 Å². The number of ketones is 1. The van der Waals surface area contributed by atoms with Crippen LogP contribution in [0.15, 0.2) is 0 Å². The molecule has 5 heteroatoms. The largest absolute Gasteiger partial charge is 0.460 e. The predicted octanol–water partition coefficient (Wildman–Crippen LogP) is 0.272. The highest BCUT2D eigenvalue weighted by Crippen LogP contribution is 2.18. The zero-order chi connectivity index (χ0) is 10.6. The standard InChI is InChI=1S/C9H14O5/c1-7(10)5-8(11)12-6-9(2)13-3-4-14-9/h3-6H2,1-2H3. The second kappa shape index (κ2) is 4.52. The highest BCUT2D eigenvalue weighted by molar-refractivity contribution is 5.94. The van der Waals surface area contributed by atoms with Crippen LogP contribution in [0.1, 0.15) is 20.3 Å². The third-order valence-electron chi connectivity index (χ3n) is 1.79. The van der Waals surface area contributed by atoms with Gasteiger partial charge >= 0.3 is 5.97 Å². The van der Waals surface area contributed by atoms with Crippen LogP contribution in [-0.2, 0) is 23.8 Å². The van der Waals surface area contributed by atoms with Crippen LogP contribution >= 0.6 is 0 Å². The van der Waals surface area contributed by atoms with Gasteiger partial charge in [0.05, 0.1) is 13.2 Å². The number of carbonyl (C=O) groups is 2. The molecule has 5 nitrogen and oxygen atoms in total. The molecule has 0 amide bonds. The maximum Gasteiger partial charge on any atom is 0.313 e. The molecule has 0 aliphatic carbocycles. The highest BCUT2D eigenvalue weighted by atomic mass is 16.8. The number of Topliss-reactive ketones (excluding diaryl/α,β-unsaturated/α-hetero) is 1. The Labute approximate surface area is 82.3 Å². The topological polar surface area (TPSA) is 61.8 Å². The van der Waals surface area contributed by atoms with E-state index in [-0.39, 0.29) is 18.8 Å². The Morgan fingerprint density at radius 2 is 1.93 bits per heavy atom. The van der Waals surface area contributed by atoms with Crippen LogP contribution in [0.3, 0.4) is 0 Å². The summed E-state index contributed by atoms with van der Waals surface area (Å²) in [6.45, 7) is 4.06. The first-order chi connectivity index (χ1) is 6.52. The summed E-state index contributed by atoms with van der Waals surface area (Å²) in [6, 6.07) is 0. The molecule has 0 unspecified atom stereocenters. The maximum atomic E-state index is 11.0. The van der Waals surface area contributed by atoms with Gasteiger partial charge in [-0.1, -0.05) is 0 Å². The van der Waals surface area contributed by atoms with Gasteiger partial charge in [0.2, 0.25) is 0 Å². The number of ether oxygens (including phenoxy) is 3. The van der Waals surface area contributed by atoms with Gasteiger partial charge in [-0.25, -0.2) is 0 Å². The van der Waals surface area contributed by atoms with Crippen molar-refractivity contribution in [2.24, 2.45) is 0 Å². The number of esters is 1. The average molecular weight is 202 g/mol. The minimum atomic E-state index is -0.841. The van der Waals surface area contributed by atoms with E-state index in [0.717, 1.165) is 0 Å². The fraction of sp³-hybridized carbons (Fsp3) is 0.778. The first kappa shape index (κ1) is 11.1. The number of carbonyl (C=O) groups excluding carboxylic acids is 2. The molecular weight excluding hydrogens is 188 g/mol. The highest BCUT2D eigenvalue weighted by Gasteiger charge is 2.32. The molecule has 0 aromatic carbocycles. The lowest BCUT2D eigenvalue weighted by Gasteiger charge is -2.21. The van der Waals surface area contributed by atoms with Crippen molar-refractivity contribution in [1.29, 1.82) is 0 Å². The van der Waals surface area contributed by atoms with Crippen molar-refractivity contribution in [3.05, 3.63) is 0 Å². The normalized spacial score (nSPS) is 19.3. The van der Waals surface area contributed by atoms with Gasteiger partial charge in [0, 0.05) is 0 Å². The molecule has 0 saturated carbocycles. The van der Waals surface area contributed by atoms with Crippen molar-refractivity contribution in [2.45, 2.75) is 26.1 Å². The fourth-order valence-electron chi connectivity index (χ4n) is 1.11. The smallest absolute Gasteiger partial charge is 0.313 e. The molecule has 1 heterocycles. The fourth-order valence-corrected chi connectivity index (χ4v) is 1.11. The Morgan fingerprint density at radius 1 is 1.36 bits per heavy atom. The zero-order valence-electron chi connectivity index (χ0n) is 8.37. The monoisotopic (exact) mass is 202 g/mol. The van der Waals surface area contributed by atoms with E-state index in [0.29, 0.717) is 13.2 Å². The molecule has 0 radical (unpaired) electrons. The summed E-state index contributed by atoms with van der Waals surface area (Å²) >= 11 is 0. The van der Waals surface area contributed by atoms with E-state index >= 15 is 0 Å². The third-order valence-corrected chi connectivity index (χ3v) is 1.79. The van der Waals surface area contributed by atoms with E-state index in [9.17, 15) is 9.59 Å². The van der Waals surface area contributed by atoms with E-state index in [2.05, 4.69) is 0 Å². The van der Waals surface area contributed by atoms with Crippen LogP contribution < -0.4 is 0 Å². The number of hydrogen-bond acceptors (Lipinski definition) is 5. The maximum absolute atomic E-state index is 11.0. The summed E-state index contributed by atoms with van der Waals surface area (Å²) in [5, 5.41) is 0. The van der Waals surface area contributed by atoms with Crippen molar-refractivity contribution in [1.82, 2.24) is 0 Å². The summed E-state index contributed by atoms with van der Waals surface area (Å²) in [7, 11) is 0. The average Bonchev–Trinajstić information content (AvgIpc) is 2.49.